The lowest BCUT2D eigenvalue weighted by atomic mass is 10.1. The fourth-order valence-electron chi connectivity index (χ4n) is 2.25. The zero-order chi connectivity index (χ0) is 14.4. The van der Waals surface area contributed by atoms with Crippen LogP contribution < -0.4 is 5.43 Å². The van der Waals surface area contributed by atoms with Crippen molar-refractivity contribution in [2.45, 2.75) is 0 Å². The van der Waals surface area contributed by atoms with Gasteiger partial charge in [-0.05, 0) is 6.07 Å². The molecule has 3 rings (SSSR count). The van der Waals surface area contributed by atoms with Crippen LogP contribution in [-0.4, -0.2) is 20.1 Å². The van der Waals surface area contributed by atoms with Crippen LogP contribution in [0.4, 0.5) is 5.69 Å². The van der Waals surface area contributed by atoms with E-state index >= 15 is 0 Å². The molecule has 0 spiro atoms. The van der Waals surface area contributed by atoms with Crippen molar-refractivity contribution in [1.29, 1.82) is 0 Å². The molecular formula is C13H8N2O5. The molecule has 7 nitrogen and oxygen atoms in total. The molecule has 1 heterocycles. The Morgan fingerprint density at radius 1 is 1.10 bits per heavy atom. The minimum Gasteiger partial charge on any atom is -0.508 e. The minimum absolute atomic E-state index is 0.0930. The second kappa shape index (κ2) is 3.95. The van der Waals surface area contributed by atoms with Gasteiger partial charge in [-0.15, -0.1) is 0 Å². The van der Waals surface area contributed by atoms with Crippen molar-refractivity contribution in [3.63, 3.8) is 0 Å². The number of non-ortho nitro benzene ring substituents is 1. The van der Waals surface area contributed by atoms with Crippen molar-refractivity contribution in [2.24, 2.45) is 0 Å². The summed E-state index contributed by atoms with van der Waals surface area (Å²) in [6.07, 6.45) is 0. The van der Waals surface area contributed by atoms with E-state index in [4.69, 9.17) is 0 Å². The van der Waals surface area contributed by atoms with E-state index < -0.39 is 16.1 Å². The third-order valence-electron chi connectivity index (χ3n) is 3.06. The number of phenols is 2. The smallest absolute Gasteiger partial charge is 0.282 e. The Bertz CT molecular complexity index is 929. The topological polar surface area (TPSA) is 116 Å². The molecule has 0 amide bonds. The molecule has 0 aliphatic carbocycles. The summed E-state index contributed by atoms with van der Waals surface area (Å²) in [5.41, 5.74) is -0.515. The normalized spacial score (nSPS) is 11.0. The second-order valence-corrected chi connectivity index (χ2v) is 4.30. The first-order valence-corrected chi connectivity index (χ1v) is 5.64. The van der Waals surface area contributed by atoms with Gasteiger partial charge in [0.15, 0.2) is 0 Å². The molecule has 100 valence electrons. The van der Waals surface area contributed by atoms with Crippen LogP contribution in [0, 0.1) is 10.1 Å². The van der Waals surface area contributed by atoms with Crippen LogP contribution in [0.2, 0.25) is 0 Å². The molecule has 0 saturated heterocycles. The van der Waals surface area contributed by atoms with Gasteiger partial charge in [0.05, 0.1) is 21.3 Å². The first kappa shape index (κ1) is 12.0. The fraction of sp³-hybridized carbons (Fsp3) is 0. The quantitative estimate of drug-likeness (QED) is 0.356. The molecule has 0 atom stereocenters. The molecule has 0 saturated carbocycles. The fourth-order valence-corrected chi connectivity index (χ4v) is 2.25. The minimum atomic E-state index is -0.654. The van der Waals surface area contributed by atoms with E-state index in [0.29, 0.717) is 0 Å². The predicted molar refractivity (Wildman–Crippen MR) is 72.1 cm³/mol. The number of pyridine rings is 1. The number of fused-ring (bicyclic) bond motifs is 2. The zero-order valence-electron chi connectivity index (χ0n) is 9.95. The number of aromatic hydroxyl groups is 2. The van der Waals surface area contributed by atoms with Crippen LogP contribution in [0.3, 0.4) is 0 Å². The number of aromatic nitrogens is 1. The van der Waals surface area contributed by atoms with Crippen molar-refractivity contribution < 1.29 is 15.1 Å². The van der Waals surface area contributed by atoms with Crippen molar-refractivity contribution in [1.82, 2.24) is 4.98 Å². The lowest BCUT2D eigenvalue weighted by Gasteiger charge is -2.05. The Labute approximate surface area is 110 Å². The number of hydrogen-bond acceptors (Lipinski definition) is 5. The first-order chi connectivity index (χ1) is 9.49. The van der Waals surface area contributed by atoms with E-state index in [2.05, 4.69) is 4.98 Å². The Kier molecular flexibility index (Phi) is 2.37. The highest BCUT2D eigenvalue weighted by Gasteiger charge is 2.18. The molecule has 0 fully saturated rings. The largest absolute Gasteiger partial charge is 0.508 e. The highest BCUT2D eigenvalue weighted by Crippen LogP contribution is 2.30. The maximum atomic E-state index is 12.4. The zero-order valence-corrected chi connectivity index (χ0v) is 9.95. The van der Waals surface area contributed by atoms with Crippen molar-refractivity contribution >= 4 is 27.5 Å². The van der Waals surface area contributed by atoms with Crippen molar-refractivity contribution in [3.05, 3.63) is 50.7 Å². The van der Waals surface area contributed by atoms with Crippen molar-refractivity contribution in [3.8, 4) is 11.5 Å². The Morgan fingerprint density at radius 3 is 2.55 bits per heavy atom. The number of H-pyrrole nitrogens is 1. The highest BCUT2D eigenvalue weighted by atomic mass is 16.6. The van der Waals surface area contributed by atoms with Gasteiger partial charge in [-0.25, -0.2) is 0 Å². The molecule has 0 unspecified atom stereocenters. The molecule has 3 aromatic rings. The van der Waals surface area contributed by atoms with Gasteiger partial charge in [-0.1, -0.05) is 6.07 Å². The van der Waals surface area contributed by atoms with Gasteiger partial charge in [-0.2, -0.15) is 0 Å². The Hall–Kier alpha value is -3.09. The summed E-state index contributed by atoms with van der Waals surface area (Å²) in [5.74, 6) is -0.642. The van der Waals surface area contributed by atoms with Crippen LogP contribution in [0.5, 0.6) is 11.5 Å². The SMILES string of the molecule is O=c1c2c(O)cc(O)cc2[nH]c2cccc([N+](=O)[O-])c12. The molecule has 2 aromatic carbocycles. The monoisotopic (exact) mass is 272 g/mol. The summed E-state index contributed by atoms with van der Waals surface area (Å²) in [4.78, 5) is 25.5. The van der Waals surface area contributed by atoms with Gasteiger partial charge in [0.1, 0.15) is 16.9 Å². The van der Waals surface area contributed by atoms with Crippen LogP contribution in [-0.2, 0) is 0 Å². The Morgan fingerprint density at radius 2 is 1.85 bits per heavy atom. The number of nitrogens with one attached hydrogen (secondary N) is 1. The molecule has 0 aliphatic heterocycles. The number of benzene rings is 2. The van der Waals surface area contributed by atoms with Crippen LogP contribution in [0.25, 0.3) is 21.8 Å². The number of rotatable bonds is 1. The van der Waals surface area contributed by atoms with Gasteiger partial charge in [0.25, 0.3) is 5.69 Å². The second-order valence-electron chi connectivity index (χ2n) is 4.30. The molecule has 7 heteroatoms. The molecule has 20 heavy (non-hydrogen) atoms. The number of aromatic amines is 1. The molecule has 0 bridgehead atoms. The van der Waals surface area contributed by atoms with Crippen LogP contribution >= 0.6 is 0 Å². The number of nitro groups is 1. The maximum Gasteiger partial charge on any atom is 0.282 e. The summed E-state index contributed by atoms with van der Waals surface area (Å²) in [5, 5.41) is 30.0. The van der Waals surface area contributed by atoms with E-state index in [1.165, 1.54) is 24.3 Å². The Balaban J connectivity index is 2.62. The van der Waals surface area contributed by atoms with Gasteiger partial charge in [0, 0.05) is 18.2 Å². The third kappa shape index (κ3) is 1.57. The average Bonchev–Trinajstić information content (AvgIpc) is 2.36. The lowest BCUT2D eigenvalue weighted by Crippen LogP contribution is -2.07. The van der Waals surface area contributed by atoms with E-state index in [1.807, 2.05) is 0 Å². The molecular weight excluding hydrogens is 264 g/mol. The van der Waals surface area contributed by atoms with Gasteiger partial charge >= 0.3 is 0 Å². The average molecular weight is 272 g/mol. The van der Waals surface area contributed by atoms with Crippen LogP contribution in [0.15, 0.2) is 35.1 Å². The molecule has 1 aromatic heterocycles. The number of nitrogens with zero attached hydrogens (tertiary/aromatic N) is 1. The molecule has 3 N–H and O–H groups in total. The number of phenolic OH excluding ortho intramolecular Hbond substituents is 2. The van der Waals surface area contributed by atoms with Gasteiger partial charge in [0.2, 0.25) is 5.43 Å². The summed E-state index contributed by atoms with van der Waals surface area (Å²) >= 11 is 0. The van der Waals surface area contributed by atoms with Crippen LogP contribution in [0.1, 0.15) is 0 Å². The summed E-state index contributed by atoms with van der Waals surface area (Å²) < 4.78 is 0. The van der Waals surface area contributed by atoms with Gasteiger partial charge in [-0.3, -0.25) is 14.9 Å². The molecule has 0 radical (unpaired) electrons. The predicted octanol–water partition coefficient (Wildman–Crippen LogP) is 2.00. The van der Waals surface area contributed by atoms with E-state index in [1.54, 1.807) is 0 Å². The lowest BCUT2D eigenvalue weighted by molar-refractivity contribution is -0.383. The van der Waals surface area contributed by atoms with E-state index in [-0.39, 0.29) is 33.2 Å². The van der Waals surface area contributed by atoms with Gasteiger partial charge < -0.3 is 15.2 Å². The van der Waals surface area contributed by atoms with Crippen molar-refractivity contribution in [2.75, 3.05) is 0 Å². The number of nitro benzene ring substituents is 1. The molecule has 0 aliphatic rings. The maximum absolute atomic E-state index is 12.4. The number of hydrogen-bond donors (Lipinski definition) is 3. The highest BCUT2D eigenvalue weighted by molar-refractivity contribution is 5.99. The van der Waals surface area contributed by atoms with E-state index in [9.17, 15) is 25.1 Å². The van der Waals surface area contributed by atoms with E-state index in [0.717, 1.165) is 6.07 Å². The summed E-state index contributed by atoms with van der Waals surface area (Å²) in [6, 6.07) is 6.48. The summed E-state index contributed by atoms with van der Waals surface area (Å²) in [7, 11) is 0. The summed E-state index contributed by atoms with van der Waals surface area (Å²) in [6.45, 7) is 0. The first-order valence-electron chi connectivity index (χ1n) is 5.64. The third-order valence-corrected chi connectivity index (χ3v) is 3.06. The standard InChI is InChI=1S/C13H8N2O5/c16-6-4-8-12(10(17)5-6)13(18)11-7(14-8)2-1-3-9(11)15(19)20/h1-5,16-17H,(H,14,18).